The van der Waals surface area contributed by atoms with Gasteiger partial charge in [0, 0.05) is 55.3 Å². The molecule has 3 aromatic heterocycles. The third-order valence-electron chi connectivity index (χ3n) is 8.14. The number of anilines is 1. The van der Waals surface area contributed by atoms with Gasteiger partial charge in [0.05, 0.1) is 10.8 Å². The molecule has 10 nitrogen and oxygen atoms in total. The fourth-order valence-corrected chi connectivity index (χ4v) is 6.00. The molecule has 0 amide bonds. The molecule has 222 valence electrons. The van der Waals surface area contributed by atoms with Gasteiger partial charge in [0.15, 0.2) is 5.65 Å². The lowest BCUT2D eigenvalue weighted by atomic mass is 9.95. The molecule has 1 aliphatic rings. The molecule has 1 atom stereocenters. The molecule has 1 unspecified atom stereocenters. The van der Waals surface area contributed by atoms with Gasteiger partial charge in [-0.15, -0.1) is 0 Å². The summed E-state index contributed by atoms with van der Waals surface area (Å²) in [6.07, 6.45) is 1.32. The van der Waals surface area contributed by atoms with E-state index in [1.165, 1.54) is 24.0 Å². The molecule has 44 heavy (non-hydrogen) atoms. The maximum atomic E-state index is 14.3. The number of aromatic nitrogens is 4. The van der Waals surface area contributed by atoms with Crippen molar-refractivity contribution in [1.82, 2.24) is 30.0 Å². The highest BCUT2D eigenvalue weighted by molar-refractivity contribution is 5.99. The van der Waals surface area contributed by atoms with Crippen LogP contribution in [-0.4, -0.2) is 55.9 Å². The second kappa shape index (κ2) is 11.2. The molecular formula is C33H30FN7O3. The summed E-state index contributed by atoms with van der Waals surface area (Å²) in [6.45, 7) is 6.67. The summed E-state index contributed by atoms with van der Waals surface area (Å²) in [4.78, 5) is 24.3. The van der Waals surface area contributed by atoms with Gasteiger partial charge in [0.25, 0.3) is 0 Å². The zero-order chi connectivity index (χ0) is 30.4. The third-order valence-corrected chi connectivity index (χ3v) is 8.14. The van der Waals surface area contributed by atoms with Crippen LogP contribution < -0.4 is 16.7 Å². The van der Waals surface area contributed by atoms with E-state index < -0.39 is 17.5 Å². The number of phenols is 1. The molecular weight excluding hydrogens is 561 g/mol. The van der Waals surface area contributed by atoms with Crippen LogP contribution in [0.15, 0.2) is 82.3 Å². The first-order valence-electron chi connectivity index (χ1n) is 14.4. The standard InChI is InChI=1S/C33H30FN7O3/c1-19(41-32-28(31(35)37-18-38-32)29(39-41)22-14-23(34)16-24(42)15-22)30-27(25-4-2-3-5-26(25)33(43)44-30)21-8-6-20(7-9-21)17-40-12-10-36-11-13-40/h2-9,14-16,18-19,36,42H,10-13,17H2,1H3,(H2,35,37,38). The van der Waals surface area contributed by atoms with Crippen molar-refractivity contribution in [3.8, 4) is 28.1 Å². The minimum absolute atomic E-state index is 0.146. The van der Waals surface area contributed by atoms with Crippen LogP contribution >= 0.6 is 0 Å². The number of piperazine rings is 1. The van der Waals surface area contributed by atoms with Crippen LogP contribution in [0.4, 0.5) is 10.2 Å². The summed E-state index contributed by atoms with van der Waals surface area (Å²) in [5.41, 5.74) is 9.62. The van der Waals surface area contributed by atoms with Crippen molar-refractivity contribution in [1.29, 1.82) is 0 Å². The van der Waals surface area contributed by atoms with Crippen LogP contribution in [0.3, 0.4) is 0 Å². The van der Waals surface area contributed by atoms with Gasteiger partial charge in [-0.3, -0.25) is 4.90 Å². The number of halogens is 1. The van der Waals surface area contributed by atoms with Crippen molar-refractivity contribution in [2.24, 2.45) is 0 Å². The van der Waals surface area contributed by atoms with Crippen molar-refractivity contribution >= 4 is 27.6 Å². The summed E-state index contributed by atoms with van der Waals surface area (Å²) >= 11 is 0. The van der Waals surface area contributed by atoms with E-state index in [0.29, 0.717) is 33.4 Å². The molecule has 1 aliphatic heterocycles. The summed E-state index contributed by atoms with van der Waals surface area (Å²) in [5, 5.41) is 19.9. The Balaban J connectivity index is 1.39. The molecule has 0 aliphatic carbocycles. The van der Waals surface area contributed by atoms with Gasteiger partial charge < -0.3 is 20.6 Å². The summed E-state index contributed by atoms with van der Waals surface area (Å²) < 4.78 is 22.0. The Bertz CT molecular complexity index is 2050. The number of benzene rings is 3. The number of nitrogens with zero attached hydrogens (tertiary/aromatic N) is 5. The Morgan fingerprint density at radius 1 is 1.02 bits per heavy atom. The van der Waals surface area contributed by atoms with Crippen LogP contribution in [0.5, 0.6) is 5.75 Å². The highest BCUT2D eigenvalue weighted by Crippen LogP contribution is 2.39. The number of phenolic OH excluding ortho intramolecular Hbond substituents is 1. The first-order valence-corrected chi connectivity index (χ1v) is 14.4. The van der Waals surface area contributed by atoms with Crippen molar-refractivity contribution in [3.63, 3.8) is 0 Å². The third kappa shape index (κ3) is 4.95. The Kier molecular flexibility index (Phi) is 7.03. The average molecular weight is 592 g/mol. The molecule has 0 radical (unpaired) electrons. The van der Waals surface area contributed by atoms with E-state index in [-0.39, 0.29) is 11.6 Å². The van der Waals surface area contributed by atoms with Gasteiger partial charge in [-0.25, -0.2) is 23.8 Å². The molecule has 4 N–H and O–H groups in total. The summed E-state index contributed by atoms with van der Waals surface area (Å²) in [5.74, 6) is -0.352. The molecule has 1 saturated heterocycles. The zero-order valence-corrected chi connectivity index (χ0v) is 24.0. The van der Waals surface area contributed by atoms with Gasteiger partial charge in [-0.2, -0.15) is 5.10 Å². The van der Waals surface area contributed by atoms with E-state index in [2.05, 4.69) is 44.5 Å². The predicted octanol–water partition coefficient (Wildman–Crippen LogP) is 4.71. The SMILES string of the molecule is CC(c1oc(=O)c2ccccc2c1-c1ccc(CN2CCNCC2)cc1)n1nc(-c2cc(O)cc(F)c2)c2c(N)ncnc21. The summed E-state index contributed by atoms with van der Waals surface area (Å²) in [6, 6.07) is 18.7. The first-order chi connectivity index (χ1) is 21.4. The van der Waals surface area contributed by atoms with Crippen LogP contribution in [0.1, 0.15) is 24.3 Å². The van der Waals surface area contributed by atoms with E-state index in [0.717, 1.165) is 55.3 Å². The highest BCUT2D eigenvalue weighted by atomic mass is 19.1. The van der Waals surface area contributed by atoms with Gasteiger partial charge in [-0.1, -0.05) is 42.5 Å². The fraction of sp³-hybridized carbons (Fsp3) is 0.212. The fourth-order valence-electron chi connectivity index (χ4n) is 6.00. The Morgan fingerprint density at radius 3 is 2.52 bits per heavy atom. The van der Waals surface area contributed by atoms with Crippen molar-refractivity contribution < 1.29 is 13.9 Å². The minimum Gasteiger partial charge on any atom is -0.508 e. The zero-order valence-electron chi connectivity index (χ0n) is 24.0. The van der Waals surface area contributed by atoms with Crippen LogP contribution in [0, 0.1) is 5.82 Å². The van der Waals surface area contributed by atoms with Gasteiger partial charge in [0.2, 0.25) is 0 Å². The normalized spacial score (nSPS) is 14.8. The minimum atomic E-state index is -0.643. The number of nitrogens with two attached hydrogens (primary N) is 1. The second-order valence-corrected chi connectivity index (χ2v) is 11.0. The highest BCUT2D eigenvalue weighted by Gasteiger charge is 2.27. The topological polar surface area (TPSA) is 135 Å². The lowest BCUT2D eigenvalue weighted by molar-refractivity contribution is 0.233. The molecule has 0 saturated carbocycles. The monoisotopic (exact) mass is 591 g/mol. The molecule has 11 heteroatoms. The van der Waals surface area contributed by atoms with E-state index in [1.807, 2.05) is 25.1 Å². The molecule has 1 fully saturated rings. The Morgan fingerprint density at radius 2 is 1.77 bits per heavy atom. The lowest BCUT2D eigenvalue weighted by Gasteiger charge is -2.27. The number of nitrogens with one attached hydrogen (secondary N) is 1. The Labute approximate surface area is 251 Å². The Hall–Kier alpha value is -5.13. The van der Waals surface area contributed by atoms with Crippen molar-refractivity contribution in [3.05, 3.63) is 101 Å². The average Bonchev–Trinajstić information content (AvgIpc) is 3.42. The van der Waals surface area contributed by atoms with Gasteiger partial charge >= 0.3 is 5.63 Å². The van der Waals surface area contributed by atoms with Crippen LogP contribution in [0.2, 0.25) is 0 Å². The molecule has 0 spiro atoms. The van der Waals surface area contributed by atoms with Crippen LogP contribution in [-0.2, 0) is 6.54 Å². The summed E-state index contributed by atoms with van der Waals surface area (Å²) in [7, 11) is 0. The number of aromatic hydroxyl groups is 1. The number of fused-ring (bicyclic) bond motifs is 2. The number of nitrogen functional groups attached to an aromatic ring is 1. The maximum absolute atomic E-state index is 14.3. The van der Waals surface area contributed by atoms with Crippen molar-refractivity contribution in [2.75, 3.05) is 31.9 Å². The predicted molar refractivity (Wildman–Crippen MR) is 167 cm³/mol. The molecule has 6 aromatic rings. The van der Waals surface area contributed by atoms with E-state index >= 15 is 0 Å². The smallest absolute Gasteiger partial charge is 0.343 e. The molecule has 3 aromatic carbocycles. The number of hydrogen-bond acceptors (Lipinski definition) is 9. The number of hydrogen-bond donors (Lipinski definition) is 3. The first kappa shape index (κ1) is 27.7. The van der Waals surface area contributed by atoms with E-state index in [4.69, 9.17) is 15.2 Å². The second-order valence-electron chi connectivity index (χ2n) is 11.0. The van der Waals surface area contributed by atoms with Crippen molar-refractivity contribution in [2.45, 2.75) is 19.5 Å². The largest absolute Gasteiger partial charge is 0.508 e. The molecule has 7 rings (SSSR count). The molecule has 0 bridgehead atoms. The maximum Gasteiger partial charge on any atom is 0.343 e. The van der Waals surface area contributed by atoms with Gasteiger partial charge in [-0.05, 0) is 36.2 Å². The quantitative estimate of drug-likeness (QED) is 0.252. The lowest BCUT2D eigenvalue weighted by Crippen LogP contribution is -2.42. The number of rotatable bonds is 6. The van der Waals surface area contributed by atoms with E-state index in [9.17, 15) is 14.3 Å². The molecule has 4 heterocycles. The van der Waals surface area contributed by atoms with Crippen LogP contribution in [0.25, 0.3) is 44.2 Å². The van der Waals surface area contributed by atoms with Gasteiger partial charge in [0.1, 0.15) is 41.2 Å². The van der Waals surface area contributed by atoms with E-state index in [1.54, 1.807) is 10.7 Å².